The highest BCUT2D eigenvalue weighted by atomic mass is 32.2. The average Bonchev–Trinajstić information content (AvgIpc) is 3.29. The van der Waals surface area contributed by atoms with Crippen LogP contribution >= 0.6 is 11.8 Å². The summed E-state index contributed by atoms with van der Waals surface area (Å²) in [6.07, 6.45) is 4.99. The second-order valence-corrected chi connectivity index (χ2v) is 9.49. The van der Waals surface area contributed by atoms with Crippen LogP contribution in [0.2, 0.25) is 0 Å². The molecular formula is C29H22F2N2S. The smallest absolute Gasteiger partial charge is 0.174 e. The molecule has 5 heteroatoms. The normalized spacial score (nSPS) is 20.7. The van der Waals surface area contributed by atoms with E-state index in [0.29, 0.717) is 0 Å². The van der Waals surface area contributed by atoms with Crippen molar-refractivity contribution in [2.45, 2.75) is 25.3 Å². The number of thioether (sulfide) groups is 1. The van der Waals surface area contributed by atoms with Gasteiger partial charge < -0.3 is 4.90 Å². The summed E-state index contributed by atoms with van der Waals surface area (Å²) in [5.41, 5.74) is 7.70. The summed E-state index contributed by atoms with van der Waals surface area (Å²) < 4.78 is 27.3. The van der Waals surface area contributed by atoms with E-state index in [0.717, 1.165) is 52.5 Å². The van der Waals surface area contributed by atoms with E-state index in [4.69, 9.17) is 4.99 Å². The van der Waals surface area contributed by atoms with Gasteiger partial charge in [-0.25, -0.2) is 13.8 Å². The van der Waals surface area contributed by atoms with Crippen LogP contribution in [0.1, 0.15) is 42.0 Å². The molecule has 0 radical (unpaired) electrons. The molecule has 1 aliphatic carbocycles. The molecule has 2 nitrogen and oxygen atoms in total. The molecule has 34 heavy (non-hydrogen) atoms. The van der Waals surface area contributed by atoms with Crippen molar-refractivity contribution in [3.63, 3.8) is 0 Å². The Morgan fingerprint density at radius 2 is 1.56 bits per heavy atom. The number of rotatable bonds is 3. The quantitative estimate of drug-likeness (QED) is 0.388. The molecule has 0 spiro atoms. The number of hydrogen-bond acceptors (Lipinski definition) is 3. The molecule has 2 aliphatic heterocycles. The number of amidine groups is 1. The highest BCUT2D eigenvalue weighted by Crippen LogP contribution is 2.51. The maximum Gasteiger partial charge on any atom is 0.174 e. The lowest BCUT2D eigenvalue weighted by molar-refractivity contribution is 0.457. The lowest BCUT2D eigenvalue weighted by atomic mass is 9.82. The third kappa shape index (κ3) is 3.80. The molecule has 168 valence electrons. The molecule has 0 saturated carbocycles. The van der Waals surface area contributed by atoms with Crippen molar-refractivity contribution in [1.82, 2.24) is 4.90 Å². The summed E-state index contributed by atoms with van der Waals surface area (Å²) in [7, 11) is 0. The zero-order chi connectivity index (χ0) is 23.1. The van der Waals surface area contributed by atoms with E-state index in [1.807, 2.05) is 30.3 Å². The summed E-state index contributed by atoms with van der Waals surface area (Å²) in [5.74, 6) is -0.477. The van der Waals surface area contributed by atoms with Crippen molar-refractivity contribution in [3.05, 3.63) is 129 Å². The van der Waals surface area contributed by atoms with Crippen LogP contribution in [-0.2, 0) is 0 Å². The monoisotopic (exact) mass is 468 g/mol. The van der Waals surface area contributed by atoms with E-state index in [2.05, 4.69) is 28.5 Å². The standard InChI is InChI=1S/C29H22F2N2S/c30-23-13-9-19(10-14-23)17-22-7-4-8-25-27(22)32-29-33(28(25)21-11-15-24(31)16-12-21)26(18-34-29)20-5-2-1-3-6-20/h1-3,5-6,9-18,28H,4,7-8H2. The van der Waals surface area contributed by atoms with Crippen LogP contribution in [0.5, 0.6) is 0 Å². The van der Waals surface area contributed by atoms with Gasteiger partial charge in [-0.05, 0) is 77.4 Å². The summed E-state index contributed by atoms with van der Waals surface area (Å²) in [5, 5.41) is 3.09. The Bertz CT molecular complexity index is 1350. The van der Waals surface area contributed by atoms with E-state index < -0.39 is 0 Å². The molecule has 2 heterocycles. The first-order valence-corrected chi connectivity index (χ1v) is 12.3. The molecule has 6 rings (SSSR count). The molecule has 3 aliphatic rings. The lowest BCUT2D eigenvalue weighted by Gasteiger charge is -2.40. The molecule has 1 unspecified atom stereocenters. The fourth-order valence-electron chi connectivity index (χ4n) is 4.94. The van der Waals surface area contributed by atoms with Crippen LogP contribution in [0.25, 0.3) is 11.8 Å². The van der Waals surface area contributed by atoms with Crippen molar-refractivity contribution in [2.75, 3.05) is 0 Å². The van der Waals surface area contributed by atoms with Crippen LogP contribution in [0.4, 0.5) is 8.78 Å². The van der Waals surface area contributed by atoms with E-state index in [9.17, 15) is 8.78 Å². The summed E-state index contributed by atoms with van der Waals surface area (Å²) >= 11 is 1.63. The largest absolute Gasteiger partial charge is 0.308 e. The molecule has 1 atom stereocenters. The van der Waals surface area contributed by atoms with Gasteiger partial charge in [0, 0.05) is 5.41 Å². The summed E-state index contributed by atoms with van der Waals surface area (Å²) in [6, 6.07) is 23.7. The predicted octanol–water partition coefficient (Wildman–Crippen LogP) is 7.94. The molecule has 3 aromatic rings. The van der Waals surface area contributed by atoms with Crippen molar-refractivity contribution in [1.29, 1.82) is 0 Å². The van der Waals surface area contributed by atoms with Crippen molar-refractivity contribution >= 4 is 28.7 Å². The van der Waals surface area contributed by atoms with Gasteiger partial charge in [-0.3, -0.25) is 0 Å². The molecule has 0 saturated heterocycles. The average molecular weight is 469 g/mol. The Balaban J connectivity index is 1.49. The van der Waals surface area contributed by atoms with Gasteiger partial charge in [0.15, 0.2) is 5.17 Å². The minimum Gasteiger partial charge on any atom is -0.308 e. The highest BCUT2D eigenvalue weighted by molar-refractivity contribution is 8.16. The number of hydrogen-bond donors (Lipinski definition) is 0. The highest BCUT2D eigenvalue weighted by Gasteiger charge is 2.40. The van der Waals surface area contributed by atoms with Gasteiger partial charge in [0.1, 0.15) is 11.6 Å². The van der Waals surface area contributed by atoms with Crippen LogP contribution in [0.3, 0.4) is 0 Å². The summed E-state index contributed by atoms with van der Waals surface area (Å²) in [4.78, 5) is 7.45. The second-order valence-electron chi connectivity index (χ2n) is 8.65. The zero-order valence-electron chi connectivity index (χ0n) is 18.4. The van der Waals surface area contributed by atoms with Crippen LogP contribution in [0, 0.1) is 11.6 Å². The number of halogens is 2. The molecule has 0 amide bonds. The van der Waals surface area contributed by atoms with Crippen LogP contribution in [0.15, 0.2) is 106 Å². The molecule has 0 bridgehead atoms. The Labute approximate surface area is 202 Å². The SMILES string of the molecule is Fc1ccc(C=C2CCCC3=C2N=C2SC=C(c4ccccc4)N2C3c2ccc(F)cc2)cc1. The summed E-state index contributed by atoms with van der Waals surface area (Å²) in [6.45, 7) is 0. The van der Waals surface area contributed by atoms with Gasteiger partial charge in [-0.1, -0.05) is 66.4 Å². The topological polar surface area (TPSA) is 15.6 Å². The van der Waals surface area contributed by atoms with Gasteiger partial charge >= 0.3 is 0 Å². The first-order chi connectivity index (χ1) is 16.7. The third-order valence-corrected chi connectivity index (χ3v) is 7.34. The maximum atomic E-state index is 13.8. The number of fused-ring (bicyclic) bond motifs is 1. The van der Waals surface area contributed by atoms with E-state index in [1.165, 1.54) is 35.4 Å². The number of aliphatic imine (C=N–C) groups is 1. The van der Waals surface area contributed by atoms with Crippen LogP contribution < -0.4 is 0 Å². The van der Waals surface area contributed by atoms with Crippen molar-refractivity contribution in [2.24, 2.45) is 4.99 Å². The van der Waals surface area contributed by atoms with Gasteiger partial charge in [0.25, 0.3) is 0 Å². The van der Waals surface area contributed by atoms with Crippen molar-refractivity contribution in [3.8, 4) is 0 Å². The molecule has 0 aromatic heterocycles. The van der Waals surface area contributed by atoms with E-state index in [1.54, 1.807) is 23.9 Å². The first-order valence-electron chi connectivity index (χ1n) is 11.4. The molecule has 3 aromatic carbocycles. The van der Waals surface area contributed by atoms with E-state index >= 15 is 0 Å². The molecule has 0 N–H and O–H groups in total. The Hall–Kier alpha value is -3.44. The van der Waals surface area contributed by atoms with Gasteiger partial charge in [-0.15, -0.1) is 0 Å². The Kier molecular flexibility index (Phi) is 5.42. The minimum atomic E-state index is -0.238. The van der Waals surface area contributed by atoms with Crippen molar-refractivity contribution < 1.29 is 8.78 Å². The van der Waals surface area contributed by atoms with Gasteiger partial charge in [0.2, 0.25) is 0 Å². The molecule has 0 fully saturated rings. The number of allylic oxidation sites excluding steroid dienone is 1. The predicted molar refractivity (Wildman–Crippen MR) is 136 cm³/mol. The zero-order valence-corrected chi connectivity index (χ0v) is 19.2. The Morgan fingerprint density at radius 3 is 2.29 bits per heavy atom. The first kappa shape index (κ1) is 21.1. The third-order valence-electron chi connectivity index (χ3n) is 6.50. The number of nitrogens with zero attached hydrogens (tertiary/aromatic N) is 2. The maximum absolute atomic E-state index is 13.8. The Morgan fingerprint density at radius 1 is 0.853 bits per heavy atom. The van der Waals surface area contributed by atoms with Gasteiger partial charge in [-0.2, -0.15) is 0 Å². The number of benzene rings is 3. The lowest BCUT2D eigenvalue weighted by Crippen LogP contribution is -2.34. The molecular weight excluding hydrogens is 446 g/mol. The van der Waals surface area contributed by atoms with Gasteiger partial charge in [0.05, 0.1) is 17.4 Å². The minimum absolute atomic E-state index is 0.0542. The second kappa shape index (κ2) is 8.73. The van der Waals surface area contributed by atoms with Crippen LogP contribution in [-0.4, -0.2) is 10.1 Å². The fraction of sp³-hybridized carbons (Fsp3) is 0.138. The fourth-order valence-corrected chi connectivity index (χ4v) is 5.87. The van der Waals surface area contributed by atoms with E-state index in [-0.39, 0.29) is 17.7 Å².